The summed E-state index contributed by atoms with van der Waals surface area (Å²) in [5.74, 6) is 0. The van der Waals surface area contributed by atoms with Gasteiger partial charge in [0.2, 0.25) is 0 Å². The molecule has 1 saturated heterocycles. The SMILES string of the molecule is CC[C@H]1N[C@H](CO)[C@@H](O)[C@H]1O. The zero-order valence-electron chi connectivity index (χ0n) is 6.57. The van der Waals surface area contributed by atoms with Gasteiger partial charge in [0.05, 0.1) is 24.9 Å². The highest BCUT2D eigenvalue weighted by Crippen LogP contribution is 2.15. The van der Waals surface area contributed by atoms with Crippen LogP contribution in [0.4, 0.5) is 0 Å². The fourth-order valence-electron chi connectivity index (χ4n) is 1.47. The van der Waals surface area contributed by atoms with Gasteiger partial charge in [0.15, 0.2) is 0 Å². The van der Waals surface area contributed by atoms with Crippen molar-refractivity contribution in [3.63, 3.8) is 0 Å². The van der Waals surface area contributed by atoms with Crippen LogP contribution >= 0.6 is 0 Å². The van der Waals surface area contributed by atoms with E-state index in [9.17, 15) is 10.2 Å². The molecule has 4 N–H and O–H groups in total. The summed E-state index contributed by atoms with van der Waals surface area (Å²) in [4.78, 5) is 0. The molecule has 1 heterocycles. The summed E-state index contributed by atoms with van der Waals surface area (Å²) in [5.41, 5.74) is 0. The van der Waals surface area contributed by atoms with E-state index in [1.54, 1.807) is 0 Å². The van der Waals surface area contributed by atoms with Gasteiger partial charge in [-0.25, -0.2) is 0 Å². The van der Waals surface area contributed by atoms with E-state index in [1.165, 1.54) is 0 Å². The molecule has 0 aliphatic carbocycles. The quantitative estimate of drug-likeness (QED) is 0.396. The normalized spacial score (nSPS) is 44.7. The van der Waals surface area contributed by atoms with Crippen LogP contribution in [0.25, 0.3) is 0 Å². The minimum Gasteiger partial charge on any atom is -0.395 e. The third-order valence-electron chi connectivity index (χ3n) is 2.24. The van der Waals surface area contributed by atoms with Gasteiger partial charge in [-0.1, -0.05) is 6.92 Å². The zero-order chi connectivity index (χ0) is 8.43. The van der Waals surface area contributed by atoms with Gasteiger partial charge in [-0.3, -0.25) is 0 Å². The maximum absolute atomic E-state index is 9.34. The lowest BCUT2D eigenvalue weighted by molar-refractivity contribution is 0.0193. The van der Waals surface area contributed by atoms with Crippen molar-refractivity contribution in [2.45, 2.75) is 37.6 Å². The molecule has 4 nitrogen and oxygen atoms in total. The van der Waals surface area contributed by atoms with Crippen molar-refractivity contribution >= 4 is 0 Å². The molecule has 0 unspecified atom stereocenters. The monoisotopic (exact) mass is 161 g/mol. The molecule has 0 aromatic heterocycles. The Kier molecular flexibility index (Phi) is 2.84. The summed E-state index contributed by atoms with van der Waals surface area (Å²) in [5, 5.41) is 30.3. The average molecular weight is 161 g/mol. The van der Waals surface area contributed by atoms with Crippen LogP contribution in [-0.2, 0) is 0 Å². The molecule has 0 spiro atoms. The van der Waals surface area contributed by atoms with Crippen LogP contribution in [0.1, 0.15) is 13.3 Å². The molecule has 0 radical (unpaired) electrons. The molecular formula is C7H15NO3. The van der Waals surface area contributed by atoms with Crippen LogP contribution in [0, 0.1) is 0 Å². The summed E-state index contributed by atoms with van der Waals surface area (Å²) in [6.45, 7) is 1.79. The fraction of sp³-hybridized carbons (Fsp3) is 1.00. The Balaban J connectivity index is 2.53. The fourth-order valence-corrected chi connectivity index (χ4v) is 1.47. The molecule has 0 bridgehead atoms. The van der Waals surface area contributed by atoms with Gasteiger partial charge >= 0.3 is 0 Å². The molecule has 1 rings (SSSR count). The van der Waals surface area contributed by atoms with Gasteiger partial charge in [-0.2, -0.15) is 0 Å². The summed E-state index contributed by atoms with van der Waals surface area (Å²) in [7, 11) is 0. The van der Waals surface area contributed by atoms with Crippen molar-refractivity contribution in [1.82, 2.24) is 5.32 Å². The van der Waals surface area contributed by atoms with E-state index in [0.29, 0.717) is 0 Å². The Morgan fingerprint density at radius 1 is 1.18 bits per heavy atom. The first-order valence-corrected chi connectivity index (χ1v) is 3.93. The second kappa shape index (κ2) is 3.49. The molecular weight excluding hydrogens is 146 g/mol. The highest BCUT2D eigenvalue weighted by molar-refractivity contribution is 4.96. The summed E-state index contributed by atoms with van der Waals surface area (Å²) in [6.07, 6.45) is -0.809. The van der Waals surface area contributed by atoms with Crippen molar-refractivity contribution in [2.24, 2.45) is 0 Å². The van der Waals surface area contributed by atoms with Crippen LogP contribution in [0.15, 0.2) is 0 Å². The van der Waals surface area contributed by atoms with Crippen molar-refractivity contribution in [2.75, 3.05) is 6.61 Å². The van der Waals surface area contributed by atoms with Crippen LogP contribution in [0.3, 0.4) is 0 Å². The van der Waals surface area contributed by atoms with Crippen molar-refractivity contribution in [1.29, 1.82) is 0 Å². The first-order chi connectivity index (χ1) is 5.20. The largest absolute Gasteiger partial charge is 0.395 e. The predicted molar refractivity (Wildman–Crippen MR) is 40.1 cm³/mol. The predicted octanol–water partition coefficient (Wildman–Crippen LogP) is -1.55. The van der Waals surface area contributed by atoms with E-state index in [4.69, 9.17) is 5.11 Å². The number of aliphatic hydroxyl groups is 3. The highest BCUT2D eigenvalue weighted by Gasteiger charge is 2.39. The van der Waals surface area contributed by atoms with Gasteiger partial charge in [0.25, 0.3) is 0 Å². The number of rotatable bonds is 2. The Hall–Kier alpha value is -0.160. The van der Waals surface area contributed by atoms with E-state index in [-0.39, 0.29) is 18.7 Å². The number of aliphatic hydroxyl groups excluding tert-OH is 3. The lowest BCUT2D eigenvalue weighted by Crippen LogP contribution is -2.36. The molecule has 11 heavy (non-hydrogen) atoms. The van der Waals surface area contributed by atoms with E-state index >= 15 is 0 Å². The Bertz CT molecular complexity index is 113. The maximum atomic E-state index is 9.34. The van der Waals surface area contributed by atoms with Crippen molar-refractivity contribution < 1.29 is 15.3 Å². The second-order valence-electron chi connectivity index (χ2n) is 2.95. The van der Waals surface area contributed by atoms with Gasteiger partial charge in [0.1, 0.15) is 0 Å². The number of hydrogen-bond acceptors (Lipinski definition) is 4. The van der Waals surface area contributed by atoms with E-state index in [0.717, 1.165) is 6.42 Å². The molecule has 0 aromatic carbocycles. The molecule has 66 valence electrons. The molecule has 0 amide bonds. The smallest absolute Gasteiger partial charge is 0.0989 e. The average Bonchev–Trinajstić information content (AvgIpc) is 2.30. The second-order valence-corrected chi connectivity index (χ2v) is 2.95. The zero-order valence-corrected chi connectivity index (χ0v) is 6.57. The molecule has 4 heteroatoms. The summed E-state index contributed by atoms with van der Waals surface area (Å²) in [6, 6.07) is -0.447. The van der Waals surface area contributed by atoms with Crippen molar-refractivity contribution in [3.05, 3.63) is 0 Å². The molecule has 1 aliphatic rings. The van der Waals surface area contributed by atoms with Gasteiger partial charge < -0.3 is 20.6 Å². The van der Waals surface area contributed by atoms with Gasteiger partial charge in [-0.05, 0) is 6.42 Å². The standard InChI is InChI=1S/C7H15NO3/c1-2-4-6(10)7(11)5(3-9)8-4/h4-11H,2-3H2,1H3/t4-,5-,6+,7-/m1/s1. The van der Waals surface area contributed by atoms with Crippen LogP contribution in [0.2, 0.25) is 0 Å². The lowest BCUT2D eigenvalue weighted by atomic mass is 10.1. The molecule has 0 saturated carbocycles. The van der Waals surface area contributed by atoms with Crippen molar-refractivity contribution in [3.8, 4) is 0 Å². The van der Waals surface area contributed by atoms with E-state index in [2.05, 4.69) is 5.32 Å². The van der Waals surface area contributed by atoms with Crippen LogP contribution < -0.4 is 5.32 Å². The van der Waals surface area contributed by atoms with Crippen LogP contribution in [-0.4, -0.2) is 46.2 Å². The Morgan fingerprint density at radius 2 is 1.73 bits per heavy atom. The Labute approximate surface area is 65.9 Å². The first kappa shape index (κ1) is 8.93. The highest BCUT2D eigenvalue weighted by atomic mass is 16.3. The molecule has 1 aliphatic heterocycles. The van der Waals surface area contributed by atoms with Gasteiger partial charge in [-0.15, -0.1) is 0 Å². The van der Waals surface area contributed by atoms with E-state index < -0.39 is 12.2 Å². The first-order valence-electron chi connectivity index (χ1n) is 3.93. The number of nitrogens with one attached hydrogen (secondary N) is 1. The van der Waals surface area contributed by atoms with Crippen LogP contribution in [0.5, 0.6) is 0 Å². The third kappa shape index (κ3) is 1.54. The minimum atomic E-state index is -0.829. The number of hydrogen-bond donors (Lipinski definition) is 4. The lowest BCUT2D eigenvalue weighted by Gasteiger charge is -2.12. The molecule has 1 fully saturated rings. The maximum Gasteiger partial charge on any atom is 0.0989 e. The summed E-state index contributed by atoms with van der Waals surface area (Å²) < 4.78 is 0. The van der Waals surface area contributed by atoms with E-state index in [1.807, 2.05) is 6.92 Å². The third-order valence-corrected chi connectivity index (χ3v) is 2.24. The molecule has 4 atom stereocenters. The topological polar surface area (TPSA) is 72.7 Å². The Morgan fingerprint density at radius 3 is 2.00 bits per heavy atom. The minimum absolute atomic E-state index is 0.0813. The van der Waals surface area contributed by atoms with Gasteiger partial charge in [0, 0.05) is 6.04 Å². The summed E-state index contributed by atoms with van der Waals surface area (Å²) >= 11 is 0. The molecule has 0 aromatic rings.